The zero-order valence-electron chi connectivity index (χ0n) is 6.20. The van der Waals surface area contributed by atoms with Gasteiger partial charge in [0.2, 0.25) is 0 Å². The first-order valence-corrected chi connectivity index (χ1v) is 5.03. The van der Waals surface area contributed by atoms with E-state index in [-0.39, 0.29) is 14.1 Å². The van der Waals surface area contributed by atoms with E-state index in [0.29, 0.717) is 0 Å². The summed E-state index contributed by atoms with van der Waals surface area (Å²) in [5.74, 6) is -0.447. The average molecular weight is 355 g/mol. The van der Waals surface area contributed by atoms with Gasteiger partial charge >= 0.3 is 6.36 Å². The molecule has 0 spiro atoms. The molecule has 1 heterocycles. The van der Waals surface area contributed by atoms with E-state index < -0.39 is 12.1 Å². The molecule has 0 N–H and O–H groups in total. The van der Waals surface area contributed by atoms with Crippen molar-refractivity contribution in [3.8, 4) is 5.75 Å². The Morgan fingerprint density at radius 2 is 1.93 bits per heavy atom. The normalized spacial score (nSPS) is 11.6. The third kappa shape index (κ3) is 2.99. The fourth-order valence-corrected chi connectivity index (χ4v) is 1.82. The van der Waals surface area contributed by atoms with Crippen LogP contribution in [0.25, 0.3) is 0 Å². The van der Waals surface area contributed by atoms with Crippen LogP contribution in [0, 0.1) is 0 Å². The third-order valence-corrected chi connectivity index (χ3v) is 2.92. The average Bonchev–Trinajstić information content (AvgIpc) is 2.04. The van der Waals surface area contributed by atoms with E-state index in [4.69, 9.17) is 11.6 Å². The monoisotopic (exact) mass is 353 g/mol. The second-order valence-electron chi connectivity index (χ2n) is 2.09. The fourth-order valence-electron chi connectivity index (χ4n) is 0.636. The van der Waals surface area contributed by atoms with Crippen LogP contribution >= 0.6 is 43.5 Å². The van der Waals surface area contributed by atoms with Crippen molar-refractivity contribution < 1.29 is 17.9 Å². The van der Waals surface area contributed by atoms with E-state index in [1.54, 1.807) is 0 Å². The number of halogens is 6. The number of alkyl halides is 3. The molecule has 1 rings (SSSR count). The second-order valence-corrected chi connectivity index (χ2v) is 4.09. The van der Waals surface area contributed by atoms with Crippen molar-refractivity contribution in [2.24, 2.45) is 0 Å². The quantitative estimate of drug-likeness (QED) is 0.706. The minimum atomic E-state index is -4.77. The predicted octanol–water partition coefficient (Wildman–Crippen LogP) is 4.16. The highest BCUT2D eigenvalue weighted by atomic mass is 79.9. The molecule has 0 amide bonds. The predicted molar refractivity (Wildman–Crippen MR) is 51.3 cm³/mol. The molecule has 0 bridgehead atoms. The van der Waals surface area contributed by atoms with Crippen molar-refractivity contribution in [1.29, 1.82) is 0 Å². The fraction of sp³-hybridized carbons (Fsp3) is 0.167. The minimum Gasteiger partial charge on any atom is -0.403 e. The molecule has 0 unspecified atom stereocenters. The Bertz CT molecular complexity index is 358. The molecule has 0 radical (unpaired) electrons. The molecule has 0 aliphatic rings. The number of pyridine rings is 1. The summed E-state index contributed by atoms with van der Waals surface area (Å²) in [6.45, 7) is 0. The van der Waals surface area contributed by atoms with Gasteiger partial charge in [0.25, 0.3) is 0 Å². The zero-order chi connectivity index (χ0) is 10.9. The second kappa shape index (κ2) is 4.24. The molecule has 1 aromatic heterocycles. The van der Waals surface area contributed by atoms with E-state index >= 15 is 0 Å². The Morgan fingerprint density at radius 3 is 2.43 bits per heavy atom. The molecule has 0 saturated heterocycles. The van der Waals surface area contributed by atoms with E-state index in [9.17, 15) is 13.2 Å². The Labute approximate surface area is 98.7 Å². The van der Waals surface area contributed by atoms with Gasteiger partial charge in [-0.25, -0.2) is 4.98 Å². The smallest absolute Gasteiger partial charge is 0.403 e. The SMILES string of the molecule is FC(F)(F)Oc1c(Br)cnc(Cl)c1Br. The van der Waals surface area contributed by atoms with Crippen LogP contribution < -0.4 is 4.74 Å². The van der Waals surface area contributed by atoms with Crippen molar-refractivity contribution in [2.45, 2.75) is 6.36 Å². The van der Waals surface area contributed by atoms with Gasteiger partial charge in [0.05, 0.1) is 8.95 Å². The zero-order valence-corrected chi connectivity index (χ0v) is 10.1. The number of hydrogen-bond donors (Lipinski definition) is 0. The molecule has 8 heteroatoms. The maximum atomic E-state index is 11.9. The first-order valence-electron chi connectivity index (χ1n) is 3.06. The summed E-state index contributed by atoms with van der Waals surface area (Å²) in [6, 6.07) is 0. The van der Waals surface area contributed by atoms with Crippen molar-refractivity contribution >= 4 is 43.5 Å². The Morgan fingerprint density at radius 1 is 1.36 bits per heavy atom. The maximum Gasteiger partial charge on any atom is 0.573 e. The number of nitrogens with zero attached hydrogens (tertiary/aromatic N) is 1. The Hall–Kier alpha value is -0.0100. The topological polar surface area (TPSA) is 22.1 Å². The van der Waals surface area contributed by atoms with Gasteiger partial charge in [0.1, 0.15) is 5.15 Å². The molecule has 0 saturated carbocycles. The molecular weight excluding hydrogens is 354 g/mol. The third-order valence-electron chi connectivity index (χ3n) is 1.11. The molecule has 14 heavy (non-hydrogen) atoms. The molecular formula is C6HBr2ClF3NO. The summed E-state index contributed by atoms with van der Waals surface area (Å²) in [5.41, 5.74) is 0. The standard InChI is InChI=1S/C6HBr2ClF3NO/c7-2-1-13-5(9)3(8)4(2)14-6(10,11)12/h1H. The van der Waals surface area contributed by atoms with Crippen LogP contribution in [0.3, 0.4) is 0 Å². The van der Waals surface area contributed by atoms with Gasteiger partial charge in [-0.15, -0.1) is 13.2 Å². The molecule has 1 aromatic rings. The van der Waals surface area contributed by atoms with Crippen molar-refractivity contribution in [2.75, 3.05) is 0 Å². The summed E-state index contributed by atoms with van der Waals surface area (Å²) in [6.07, 6.45) is -3.65. The highest BCUT2D eigenvalue weighted by molar-refractivity contribution is 9.11. The number of hydrogen-bond acceptors (Lipinski definition) is 2. The lowest BCUT2D eigenvalue weighted by Crippen LogP contribution is -2.18. The van der Waals surface area contributed by atoms with Gasteiger partial charge in [-0.3, -0.25) is 0 Å². The van der Waals surface area contributed by atoms with Crippen molar-refractivity contribution in [3.63, 3.8) is 0 Å². The number of rotatable bonds is 1. The van der Waals surface area contributed by atoms with Crippen LogP contribution in [0.15, 0.2) is 15.1 Å². The van der Waals surface area contributed by atoms with Gasteiger partial charge in [0.15, 0.2) is 5.75 Å². The lowest BCUT2D eigenvalue weighted by Gasteiger charge is -2.12. The summed E-state index contributed by atoms with van der Waals surface area (Å²) < 4.78 is 39.5. The highest BCUT2D eigenvalue weighted by Gasteiger charge is 2.33. The largest absolute Gasteiger partial charge is 0.573 e. The summed E-state index contributed by atoms with van der Waals surface area (Å²) in [7, 11) is 0. The molecule has 0 aliphatic heterocycles. The first-order chi connectivity index (χ1) is 6.31. The van der Waals surface area contributed by atoms with Gasteiger partial charge in [-0.05, 0) is 31.9 Å². The lowest BCUT2D eigenvalue weighted by molar-refractivity contribution is -0.275. The van der Waals surface area contributed by atoms with E-state index in [2.05, 4.69) is 41.6 Å². The molecule has 2 nitrogen and oxygen atoms in total. The van der Waals surface area contributed by atoms with Gasteiger partial charge in [0, 0.05) is 6.20 Å². The van der Waals surface area contributed by atoms with E-state index in [1.807, 2.05) is 0 Å². The highest BCUT2D eigenvalue weighted by Crippen LogP contribution is 2.39. The minimum absolute atomic E-state index is 0.0501. The Kier molecular flexibility index (Phi) is 3.65. The summed E-state index contributed by atoms with van der Waals surface area (Å²) >= 11 is 11.2. The van der Waals surface area contributed by atoms with Crippen LogP contribution in [0.1, 0.15) is 0 Å². The van der Waals surface area contributed by atoms with Crippen LogP contribution in [-0.2, 0) is 0 Å². The van der Waals surface area contributed by atoms with Gasteiger partial charge in [-0.2, -0.15) is 0 Å². The summed E-state index contributed by atoms with van der Waals surface area (Å²) in [5, 5.41) is -0.104. The summed E-state index contributed by atoms with van der Waals surface area (Å²) in [4.78, 5) is 3.59. The first kappa shape index (κ1) is 12.1. The lowest BCUT2D eigenvalue weighted by atomic mass is 10.4. The van der Waals surface area contributed by atoms with E-state index in [1.165, 1.54) is 0 Å². The van der Waals surface area contributed by atoms with Crippen LogP contribution in [0.4, 0.5) is 13.2 Å². The van der Waals surface area contributed by atoms with Gasteiger partial charge < -0.3 is 4.74 Å². The molecule has 0 aromatic carbocycles. The molecule has 0 atom stereocenters. The molecule has 0 aliphatic carbocycles. The Balaban J connectivity index is 3.13. The van der Waals surface area contributed by atoms with Crippen LogP contribution in [0.5, 0.6) is 5.75 Å². The van der Waals surface area contributed by atoms with Crippen molar-refractivity contribution in [1.82, 2.24) is 4.98 Å². The molecule has 0 fully saturated rings. The number of ether oxygens (including phenoxy) is 1. The van der Waals surface area contributed by atoms with Crippen molar-refractivity contribution in [3.05, 3.63) is 20.3 Å². The molecule has 78 valence electrons. The number of aromatic nitrogens is 1. The van der Waals surface area contributed by atoms with Gasteiger partial charge in [-0.1, -0.05) is 11.6 Å². The van der Waals surface area contributed by atoms with E-state index in [0.717, 1.165) is 6.20 Å². The van der Waals surface area contributed by atoms with Crippen LogP contribution in [0.2, 0.25) is 5.15 Å². The van der Waals surface area contributed by atoms with Crippen LogP contribution in [-0.4, -0.2) is 11.3 Å². The maximum absolute atomic E-state index is 11.9.